The molecule has 0 bridgehead atoms. The Morgan fingerprint density at radius 3 is 2.41 bits per heavy atom. The second-order valence-electron chi connectivity index (χ2n) is 11.0. The molecule has 0 spiro atoms. The van der Waals surface area contributed by atoms with Crippen molar-refractivity contribution in [1.29, 1.82) is 5.41 Å². The Bertz CT molecular complexity index is 1830. The van der Waals surface area contributed by atoms with Gasteiger partial charge in [0.25, 0.3) is 5.91 Å². The summed E-state index contributed by atoms with van der Waals surface area (Å²) in [5, 5.41) is 8.55. The summed E-state index contributed by atoms with van der Waals surface area (Å²) in [5.74, 6) is 3.15. The van der Waals surface area contributed by atoms with E-state index in [2.05, 4.69) is 47.0 Å². The Balaban J connectivity index is 0.00000123. The van der Waals surface area contributed by atoms with Gasteiger partial charge >= 0.3 is 0 Å². The lowest BCUT2D eigenvalue weighted by molar-refractivity contribution is 0.0710. The molecule has 0 aliphatic carbocycles. The second-order valence-corrected chi connectivity index (χ2v) is 11.0. The van der Waals surface area contributed by atoms with Gasteiger partial charge in [0.05, 0.1) is 28.5 Å². The third-order valence-electron chi connectivity index (χ3n) is 8.13. The molecule has 1 amide bonds. The van der Waals surface area contributed by atoms with Gasteiger partial charge in [-0.15, -0.1) is 12.3 Å². The van der Waals surface area contributed by atoms with Crippen LogP contribution in [0.2, 0.25) is 0 Å². The molecule has 6 nitrogen and oxygen atoms in total. The van der Waals surface area contributed by atoms with E-state index in [0.29, 0.717) is 29.8 Å². The molecule has 5 aromatic rings. The number of nitrogens with one attached hydrogen (secondary N) is 1. The number of carbonyl (C=O) groups is 1. The number of pyridine rings is 1. The van der Waals surface area contributed by atoms with Gasteiger partial charge in [0.15, 0.2) is 0 Å². The summed E-state index contributed by atoms with van der Waals surface area (Å²) in [6.45, 7) is 6.99. The second kappa shape index (κ2) is 13.5. The van der Waals surface area contributed by atoms with Crippen molar-refractivity contribution < 1.29 is 9.18 Å². The topological polar surface area (TPSA) is 74.9 Å². The third kappa shape index (κ3) is 6.30. The number of hydrogen-bond donors (Lipinski definition) is 1. The van der Waals surface area contributed by atoms with E-state index in [1.54, 1.807) is 31.2 Å². The Labute approximate surface area is 258 Å². The number of para-hydroxylation sites is 2. The van der Waals surface area contributed by atoms with Crippen molar-refractivity contribution >= 4 is 22.7 Å². The molecule has 1 saturated heterocycles. The lowest BCUT2D eigenvalue weighted by Crippen LogP contribution is -2.38. The number of imidazole rings is 1. The lowest BCUT2D eigenvalue weighted by atomic mass is 9.94. The van der Waals surface area contributed by atoms with Crippen molar-refractivity contribution in [2.75, 3.05) is 13.1 Å². The van der Waals surface area contributed by atoms with Crippen LogP contribution in [0.15, 0.2) is 91.1 Å². The zero-order chi connectivity index (χ0) is 31.2. The number of aromatic nitrogens is 3. The molecule has 1 aliphatic heterocycles. The summed E-state index contributed by atoms with van der Waals surface area (Å²) < 4.78 is 16.0. The van der Waals surface area contributed by atoms with E-state index >= 15 is 0 Å². The first-order chi connectivity index (χ1) is 21.3. The van der Waals surface area contributed by atoms with Crippen LogP contribution in [0.25, 0.3) is 11.0 Å². The maximum absolute atomic E-state index is 13.7. The number of terminal acetylenes is 1. The van der Waals surface area contributed by atoms with E-state index in [1.807, 2.05) is 48.4 Å². The normalized spacial score (nSPS) is 13.9. The molecule has 1 fully saturated rings. The molecule has 2 aromatic heterocycles. The van der Waals surface area contributed by atoms with Crippen molar-refractivity contribution in [2.45, 2.75) is 45.6 Å². The highest BCUT2D eigenvalue weighted by molar-refractivity contribution is 6.12. The van der Waals surface area contributed by atoms with Crippen molar-refractivity contribution in [1.82, 2.24) is 19.4 Å². The number of aryl methyl sites for hydroxylation is 1. The molecule has 1 N–H and O–H groups in total. The highest BCUT2D eigenvalue weighted by Crippen LogP contribution is 2.34. The van der Waals surface area contributed by atoms with Crippen molar-refractivity contribution in [3.63, 3.8) is 0 Å². The molecule has 1 unspecified atom stereocenters. The first-order valence-corrected chi connectivity index (χ1v) is 14.8. The quantitative estimate of drug-likeness (QED) is 0.165. The standard InChI is InChI=1S/C34H32FN5O.C3H4/c1-22-20-26(13-14-28(22)32(36)25-8-7-9-27(35)21-25)34(41)39-18-15-24(16-19-39)33-38-30-11-3-4-12-31(30)40(33)23(2)29-10-5-6-17-37-29;1-3-2/h3-14,17,20-21,23-24,36H,15-16,18-19H2,1-2H3;1H,2H3. The van der Waals surface area contributed by atoms with Crippen LogP contribution in [0.3, 0.4) is 0 Å². The van der Waals surface area contributed by atoms with Crippen LogP contribution in [-0.2, 0) is 0 Å². The SMILES string of the molecule is C#CC.Cc1cc(C(=O)N2CCC(c3nc4ccccc4n3C(C)c3ccccn3)CC2)ccc1C(=N)c1cccc(F)c1. The first-order valence-electron chi connectivity index (χ1n) is 14.8. The van der Waals surface area contributed by atoms with Gasteiger partial charge in [-0.2, -0.15) is 0 Å². The number of halogens is 1. The van der Waals surface area contributed by atoms with E-state index < -0.39 is 0 Å². The Morgan fingerprint density at radius 1 is 1.00 bits per heavy atom. The van der Waals surface area contributed by atoms with E-state index in [0.717, 1.165) is 41.0 Å². The molecule has 3 heterocycles. The summed E-state index contributed by atoms with van der Waals surface area (Å²) in [4.78, 5) is 25.1. The third-order valence-corrected chi connectivity index (χ3v) is 8.13. The fourth-order valence-corrected chi connectivity index (χ4v) is 5.91. The molecule has 0 radical (unpaired) electrons. The van der Waals surface area contributed by atoms with Gasteiger partial charge in [0, 0.05) is 41.9 Å². The van der Waals surface area contributed by atoms with Crippen LogP contribution < -0.4 is 0 Å². The zero-order valence-electron chi connectivity index (χ0n) is 25.3. The molecule has 1 aliphatic rings. The van der Waals surface area contributed by atoms with Crippen LogP contribution in [0, 0.1) is 30.5 Å². The van der Waals surface area contributed by atoms with Crippen LogP contribution in [0.4, 0.5) is 4.39 Å². The fourth-order valence-electron chi connectivity index (χ4n) is 5.91. The maximum atomic E-state index is 13.7. The average molecular weight is 586 g/mol. The highest BCUT2D eigenvalue weighted by Gasteiger charge is 2.30. The van der Waals surface area contributed by atoms with Crippen LogP contribution in [0.1, 0.15) is 77.2 Å². The predicted octanol–water partition coefficient (Wildman–Crippen LogP) is 7.56. The summed E-state index contributed by atoms with van der Waals surface area (Å²) in [7, 11) is 0. The van der Waals surface area contributed by atoms with Crippen molar-refractivity contribution in [2.24, 2.45) is 0 Å². The molecule has 44 heavy (non-hydrogen) atoms. The Hall–Kier alpha value is -5.09. The number of rotatable bonds is 6. The van der Waals surface area contributed by atoms with Gasteiger partial charge in [0.1, 0.15) is 11.6 Å². The largest absolute Gasteiger partial charge is 0.339 e. The van der Waals surface area contributed by atoms with E-state index in [4.69, 9.17) is 10.4 Å². The predicted molar refractivity (Wildman–Crippen MR) is 174 cm³/mol. The highest BCUT2D eigenvalue weighted by atomic mass is 19.1. The molecule has 3 aromatic carbocycles. The first kappa shape index (κ1) is 30.4. The van der Waals surface area contributed by atoms with Gasteiger partial charge in [-0.3, -0.25) is 15.2 Å². The molecule has 0 saturated carbocycles. The van der Waals surface area contributed by atoms with E-state index in [1.165, 1.54) is 12.1 Å². The summed E-state index contributed by atoms with van der Waals surface area (Å²) >= 11 is 0. The molecular formula is C37H36FN5O. The number of likely N-dealkylation sites (tertiary alicyclic amines) is 1. The summed E-state index contributed by atoms with van der Waals surface area (Å²) in [6.07, 6.45) is 8.07. The van der Waals surface area contributed by atoms with Gasteiger partial charge in [0.2, 0.25) is 0 Å². The molecule has 222 valence electrons. The fraction of sp³-hybridized carbons (Fsp3) is 0.243. The van der Waals surface area contributed by atoms with Gasteiger partial charge in [-0.1, -0.05) is 36.4 Å². The molecule has 7 heteroatoms. The molecule has 6 rings (SSSR count). The number of hydrogen-bond acceptors (Lipinski definition) is 4. The van der Waals surface area contributed by atoms with Gasteiger partial charge in [-0.25, -0.2) is 9.37 Å². The maximum Gasteiger partial charge on any atom is 0.253 e. The number of nitrogens with zero attached hydrogens (tertiary/aromatic N) is 4. The number of benzene rings is 3. The number of fused-ring (bicyclic) bond motifs is 1. The van der Waals surface area contributed by atoms with E-state index in [9.17, 15) is 9.18 Å². The number of amides is 1. The van der Waals surface area contributed by atoms with Gasteiger partial charge in [-0.05, 0) is 87.7 Å². The summed E-state index contributed by atoms with van der Waals surface area (Å²) in [5.41, 5.74) is 5.93. The Kier molecular flexibility index (Phi) is 9.30. The minimum Gasteiger partial charge on any atom is -0.339 e. The number of piperidine rings is 1. The van der Waals surface area contributed by atoms with Crippen LogP contribution in [0.5, 0.6) is 0 Å². The average Bonchev–Trinajstić information content (AvgIpc) is 3.44. The number of carbonyl (C=O) groups excluding carboxylic acids is 1. The van der Waals surface area contributed by atoms with Gasteiger partial charge < -0.3 is 9.47 Å². The molecular weight excluding hydrogens is 549 g/mol. The van der Waals surface area contributed by atoms with Crippen molar-refractivity contribution in [3.05, 3.63) is 131 Å². The zero-order valence-corrected chi connectivity index (χ0v) is 25.3. The van der Waals surface area contributed by atoms with E-state index in [-0.39, 0.29) is 29.4 Å². The van der Waals surface area contributed by atoms with Crippen LogP contribution >= 0.6 is 0 Å². The van der Waals surface area contributed by atoms with Crippen molar-refractivity contribution in [3.8, 4) is 12.3 Å². The summed E-state index contributed by atoms with van der Waals surface area (Å²) in [6, 6.07) is 25.7. The lowest BCUT2D eigenvalue weighted by Gasteiger charge is -2.33. The Morgan fingerprint density at radius 2 is 1.73 bits per heavy atom. The smallest absolute Gasteiger partial charge is 0.253 e. The molecule has 1 atom stereocenters. The minimum absolute atomic E-state index is 0.00857. The van der Waals surface area contributed by atoms with Crippen LogP contribution in [-0.4, -0.2) is 44.1 Å². The monoisotopic (exact) mass is 585 g/mol. The minimum atomic E-state index is -0.373.